The van der Waals surface area contributed by atoms with Crippen LogP contribution in [-0.2, 0) is 4.74 Å². The van der Waals surface area contributed by atoms with Crippen LogP contribution >= 0.6 is 0 Å². The van der Waals surface area contributed by atoms with Crippen molar-refractivity contribution < 1.29 is 36.3 Å². The first-order chi connectivity index (χ1) is 17.6. The third-order valence-corrected chi connectivity index (χ3v) is 4.90. The van der Waals surface area contributed by atoms with Crippen LogP contribution in [0.4, 0.5) is 23.0 Å². The Morgan fingerprint density at radius 2 is 1.49 bits per heavy atom. The first-order valence-corrected chi connectivity index (χ1v) is 10.9. The van der Waals surface area contributed by atoms with Crippen LogP contribution < -0.4 is 4.57 Å². The fourth-order valence-electron chi connectivity index (χ4n) is 3.43. The Hall–Kier alpha value is -4.61. The third kappa shape index (κ3) is 7.44. The summed E-state index contributed by atoms with van der Waals surface area (Å²) in [5.74, 6) is -0.139. The van der Waals surface area contributed by atoms with Gasteiger partial charge in [0.1, 0.15) is 5.69 Å². The number of nitrogens with zero attached hydrogens (tertiary/aromatic N) is 3. The Bertz CT molecular complexity index is 1360. The van der Waals surface area contributed by atoms with Crippen molar-refractivity contribution in [1.29, 1.82) is 0 Å². The summed E-state index contributed by atoms with van der Waals surface area (Å²) in [7, 11) is -6.00. The molecular formula is C25H20BF4N3O4. The molecule has 0 bridgehead atoms. The van der Waals surface area contributed by atoms with Crippen molar-refractivity contribution in [3.8, 4) is 28.2 Å². The summed E-state index contributed by atoms with van der Waals surface area (Å²) in [6.07, 6.45) is 1.18. The Balaban J connectivity index is 0.000000695. The number of pyridine rings is 2. The lowest BCUT2D eigenvalue weighted by molar-refractivity contribution is -0.591. The second-order valence-corrected chi connectivity index (χ2v) is 7.43. The zero-order valence-electron chi connectivity index (χ0n) is 19.4. The van der Waals surface area contributed by atoms with E-state index in [0.29, 0.717) is 11.5 Å². The Kier molecular flexibility index (Phi) is 8.67. The highest BCUT2D eigenvalue weighted by Gasteiger charge is 2.27. The lowest BCUT2D eigenvalue weighted by Gasteiger charge is -2.13. The Labute approximate surface area is 209 Å². The maximum Gasteiger partial charge on any atom is 0.673 e. The van der Waals surface area contributed by atoms with Crippen molar-refractivity contribution in [1.82, 2.24) is 4.98 Å². The molecule has 4 rings (SSSR count). The van der Waals surface area contributed by atoms with E-state index in [1.807, 2.05) is 66.7 Å². The van der Waals surface area contributed by atoms with Crippen LogP contribution in [0.2, 0.25) is 0 Å². The van der Waals surface area contributed by atoms with Gasteiger partial charge in [-0.05, 0) is 29.1 Å². The number of hydrogen-bond acceptors (Lipinski definition) is 5. The number of aromatic nitrogens is 2. The number of nitro groups is 1. The van der Waals surface area contributed by atoms with E-state index in [-0.39, 0.29) is 18.0 Å². The minimum atomic E-state index is -6.00. The summed E-state index contributed by atoms with van der Waals surface area (Å²) in [5, 5.41) is 11.1. The second-order valence-electron chi connectivity index (χ2n) is 7.43. The summed E-state index contributed by atoms with van der Waals surface area (Å²) in [6.45, 7) is 1.95. The van der Waals surface area contributed by atoms with Crippen molar-refractivity contribution >= 4 is 18.9 Å². The molecule has 2 heterocycles. The summed E-state index contributed by atoms with van der Waals surface area (Å²) in [6, 6.07) is 25.9. The lowest BCUT2D eigenvalue weighted by Crippen LogP contribution is -2.42. The van der Waals surface area contributed by atoms with E-state index in [9.17, 15) is 32.2 Å². The third-order valence-electron chi connectivity index (χ3n) is 4.90. The van der Waals surface area contributed by atoms with Crippen molar-refractivity contribution in [2.45, 2.75) is 6.92 Å². The fourth-order valence-corrected chi connectivity index (χ4v) is 3.43. The fraction of sp³-hybridized carbons (Fsp3) is 0.0800. The second kappa shape index (κ2) is 11.9. The standard InChI is InChI=1S/C25H20N3O4.BF4/c1-2-32-25(29)23-16-20(18-9-5-3-6-10-18)15-22(19-11-7-4-8-12-19)27(23)24-14-13-21(17-26-24)28(30)31;2-1(3,4)5/h3-17H,2H2,1H3;/q+1;-1. The summed E-state index contributed by atoms with van der Waals surface area (Å²) < 4.78 is 46.0. The average molecular weight is 513 g/mol. The zero-order chi connectivity index (χ0) is 27.0. The van der Waals surface area contributed by atoms with E-state index in [2.05, 4.69) is 4.98 Å². The number of hydrogen-bond donors (Lipinski definition) is 0. The molecule has 7 nitrogen and oxygen atoms in total. The molecule has 0 atom stereocenters. The highest BCUT2D eigenvalue weighted by atomic mass is 19.5. The summed E-state index contributed by atoms with van der Waals surface area (Å²) in [5.41, 5.74) is 3.49. The van der Waals surface area contributed by atoms with E-state index in [4.69, 9.17) is 4.74 Å². The molecule has 0 fully saturated rings. The van der Waals surface area contributed by atoms with Gasteiger partial charge in [-0.1, -0.05) is 60.7 Å². The number of carbonyl (C=O) groups is 1. The first kappa shape index (κ1) is 27.0. The molecule has 0 spiro atoms. The van der Waals surface area contributed by atoms with E-state index >= 15 is 0 Å². The van der Waals surface area contributed by atoms with E-state index < -0.39 is 18.1 Å². The molecule has 37 heavy (non-hydrogen) atoms. The van der Waals surface area contributed by atoms with Crippen molar-refractivity contribution in [2.24, 2.45) is 0 Å². The van der Waals surface area contributed by atoms with Gasteiger partial charge in [-0.3, -0.25) is 10.1 Å². The largest absolute Gasteiger partial charge is 0.673 e. The zero-order valence-corrected chi connectivity index (χ0v) is 19.4. The van der Waals surface area contributed by atoms with Gasteiger partial charge in [0.2, 0.25) is 11.9 Å². The van der Waals surface area contributed by atoms with Crippen molar-refractivity contribution in [2.75, 3.05) is 6.61 Å². The van der Waals surface area contributed by atoms with E-state index in [0.717, 1.165) is 16.7 Å². The van der Waals surface area contributed by atoms with Crippen LogP contribution in [0.15, 0.2) is 91.1 Å². The number of benzene rings is 2. The Morgan fingerprint density at radius 1 is 0.919 bits per heavy atom. The van der Waals surface area contributed by atoms with Crippen LogP contribution in [0, 0.1) is 10.1 Å². The SMILES string of the molecule is CCOC(=O)c1cc(-c2ccccc2)cc(-c2ccccc2)[n+]1-c1ccc([N+](=O)[O-])cn1.F[B-](F)(F)F. The van der Waals surface area contributed by atoms with Crippen LogP contribution in [0.3, 0.4) is 0 Å². The molecule has 0 radical (unpaired) electrons. The van der Waals surface area contributed by atoms with Gasteiger partial charge >= 0.3 is 24.7 Å². The molecule has 4 aromatic rings. The Morgan fingerprint density at radius 3 is 1.97 bits per heavy atom. The van der Waals surface area contributed by atoms with Gasteiger partial charge in [0.15, 0.2) is 0 Å². The molecule has 0 aliphatic carbocycles. The lowest BCUT2D eigenvalue weighted by atomic mass is 10.0. The van der Waals surface area contributed by atoms with Gasteiger partial charge in [0, 0.05) is 23.8 Å². The van der Waals surface area contributed by atoms with Gasteiger partial charge < -0.3 is 22.0 Å². The number of rotatable bonds is 6. The van der Waals surface area contributed by atoms with E-state index in [1.165, 1.54) is 18.3 Å². The van der Waals surface area contributed by atoms with Gasteiger partial charge in [0.25, 0.3) is 0 Å². The van der Waals surface area contributed by atoms with Gasteiger partial charge in [-0.25, -0.2) is 4.79 Å². The van der Waals surface area contributed by atoms with Crippen molar-refractivity contribution in [3.05, 3.63) is 107 Å². The maximum absolute atomic E-state index is 13.0. The molecular weight excluding hydrogens is 493 g/mol. The normalized spacial score (nSPS) is 10.7. The minimum Gasteiger partial charge on any atom is -0.460 e. The highest BCUT2D eigenvalue weighted by Crippen LogP contribution is 2.27. The highest BCUT2D eigenvalue weighted by molar-refractivity contribution is 6.50. The van der Waals surface area contributed by atoms with Gasteiger partial charge in [0.05, 0.1) is 11.5 Å². The maximum atomic E-state index is 13.0. The smallest absolute Gasteiger partial charge is 0.460 e. The molecule has 0 N–H and O–H groups in total. The first-order valence-electron chi connectivity index (χ1n) is 10.9. The van der Waals surface area contributed by atoms with E-state index in [1.54, 1.807) is 17.6 Å². The number of halogens is 4. The number of esters is 1. The molecule has 2 aromatic heterocycles. The molecule has 0 saturated heterocycles. The predicted molar refractivity (Wildman–Crippen MR) is 129 cm³/mol. The van der Waals surface area contributed by atoms with Gasteiger partial charge in [-0.15, -0.1) is 0 Å². The average Bonchev–Trinajstić information content (AvgIpc) is 2.88. The number of carbonyl (C=O) groups excluding carboxylic acids is 1. The topological polar surface area (TPSA) is 86.2 Å². The molecule has 0 aliphatic rings. The monoisotopic (exact) mass is 513 g/mol. The predicted octanol–water partition coefficient (Wildman–Crippen LogP) is 6.08. The minimum absolute atomic E-state index is 0.130. The van der Waals surface area contributed by atoms with Crippen molar-refractivity contribution in [3.63, 3.8) is 0 Å². The molecule has 0 unspecified atom stereocenters. The molecule has 12 heteroatoms. The number of ether oxygens (including phenoxy) is 1. The quantitative estimate of drug-likeness (QED) is 0.0780. The van der Waals surface area contributed by atoms with Crippen LogP contribution in [0.25, 0.3) is 28.2 Å². The van der Waals surface area contributed by atoms with Gasteiger partial charge in [-0.2, -0.15) is 4.57 Å². The molecule has 2 aromatic carbocycles. The molecule has 0 amide bonds. The van der Waals surface area contributed by atoms with Crippen LogP contribution in [-0.4, -0.2) is 29.7 Å². The van der Waals surface area contributed by atoms with Crippen LogP contribution in [0.1, 0.15) is 17.4 Å². The summed E-state index contributed by atoms with van der Waals surface area (Å²) in [4.78, 5) is 27.9. The molecule has 0 saturated carbocycles. The summed E-state index contributed by atoms with van der Waals surface area (Å²) >= 11 is 0. The molecule has 190 valence electrons. The van der Waals surface area contributed by atoms with Crippen LogP contribution in [0.5, 0.6) is 0 Å². The molecule has 0 aliphatic heterocycles.